The topological polar surface area (TPSA) is 29.9 Å². The Morgan fingerprint density at radius 3 is 2.81 bits per heavy atom. The molecule has 5 heteroatoms. The minimum Gasteiger partial charge on any atom is -0.313 e. The van der Waals surface area contributed by atoms with Crippen molar-refractivity contribution in [2.45, 2.75) is 39.8 Å². The van der Waals surface area contributed by atoms with Gasteiger partial charge in [0.2, 0.25) is 0 Å². The quantitative estimate of drug-likeness (QED) is 0.789. The van der Waals surface area contributed by atoms with E-state index in [1.165, 1.54) is 4.68 Å². The molecule has 0 saturated heterocycles. The number of aryl methyl sites for hydroxylation is 1. The highest BCUT2D eigenvalue weighted by Gasteiger charge is 2.19. The zero-order valence-electron chi connectivity index (χ0n) is 12.4. The highest BCUT2D eigenvalue weighted by atomic mass is 19.3. The average molecular weight is 293 g/mol. The molecule has 0 radical (unpaired) electrons. The summed E-state index contributed by atoms with van der Waals surface area (Å²) < 4.78 is 28.1. The average Bonchev–Trinajstić information content (AvgIpc) is 2.82. The first-order chi connectivity index (χ1) is 10.1. The van der Waals surface area contributed by atoms with Gasteiger partial charge in [-0.05, 0) is 25.5 Å². The van der Waals surface area contributed by atoms with Gasteiger partial charge < -0.3 is 5.32 Å². The second kappa shape index (κ2) is 7.31. The van der Waals surface area contributed by atoms with Gasteiger partial charge in [-0.1, -0.05) is 36.8 Å². The maximum atomic E-state index is 13.3. The van der Waals surface area contributed by atoms with Gasteiger partial charge in [0.1, 0.15) is 5.69 Å². The third-order valence-corrected chi connectivity index (χ3v) is 3.32. The Balaban J connectivity index is 2.19. The van der Waals surface area contributed by atoms with E-state index in [1.54, 1.807) is 6.20 Å². The van der Waals surface area contributed by atoms with Crippen molar-refractivity contribution in [3.63, 3.8) is 0 Å². The van der Waals surface area contributed by atoms with Crippen LogP contribution in [0.3, 0.4) is 0 Å². The van der Waals surface area contributed by atoms with E-state index in [-0.39, 0.29) is 5.69 Å². The third-order valence-electron chi connectivity index (χ3n) is 3.32. The van der Waals surface area contributed by atoms with E-state index in [1.807, 2.05) is 38.1 Å². The van der Waals surface area contributed by atoms with Crippen molar-refractivity contribution >= 4 is 0 Å². The Kier molecular flexibility index (Phi) is 5.44. The largest absolute Gasteiger partial charge is 0.313 e. The van der Waals surface area contributed by atoms with Crippen LogP contribution in [0.25, 0.3) is 0 Å². The van der Waals surface area contributed by atoms with E-state index in [0.717, 1.165) is 24.1 Å². The lowest BCUT2D eigenvalue weighted by atomic mass is 10.1. The number of nitrogens with one attached hydrogen (secondary N) is 1. The van der Waals surface area contributed by atoms with E-state index in [4.69, 9.17) is 0 Å². The zero-order valence-corrected chi connectivity index (χ0v) is 12.4. The Bertz CT molecular complexity index is 579. The summed E-state index contributed by atoms with van der Waals surface area (Å²) in [6, 6.07) is 7.84. The van der Waals surface area contributed by atoms with E-state index in [2.05, 4.69) is 10.4 Å². The van der Waals surface area contributed by atoms with Gasteiger partial charge in [-0.25, -0.2) is 8.78 Å². The molecule has 1 aromatic carbocycles. The summed E-state index contributed by atoms with van der Waals surface area (Å²) in [4.78, 5) is 0. The number of halogens is 2. The van der Waals surface area contributed by atoms with Crippen molar-refractivity contribution in [1.29, 1.82) is 0 Å². The van der Waals surface area contributed by atoms with Crippen molar-refractivity contribution in [2.75, 3.05) is 6.54 Å². The van der Waals surface area contributed by atoms with Crippen molar-refractivity contribution in [3.05, 3.63) is 52.8 Å². The smallest absolute Gasteiger partial charge is 0.280 e. The van der Waals surface area contributed by atoms with Crippen LogP contribution < -0.4 is 5.32 Å². The van der Waals surface area contributed by atoms with Gasteiger partial charge in [0.05, 0.1) is 12.7 Å². The molecule has 0 fully saturated rings. The fourth-order valence-corrected chi connectivity index (χ4v) is 2.33. The molecule has 0 bridgehead atoms. The molecule has 0 saturated carbocycles. The van der Waals surface area contributed by atoms with Gasteiger partial charge in [0.25, 0.3) is 6.43 Å². The highest BCUT2D eigenvalue weighted by Crippen LogP contribution is 2.23. The predicted molar refractivity (Wildman–Crippen MR) is 79.5 cm³/mol. The van der Waals surface area contributed by atoms with Crippen LogP contribution >= 0.6 is 0 Å². The van der Waals surface area contributed by atoms with Gasteiger partial charge in [0.15, 0.2) is 0 Å². The molecule has 3 nitrogen and oxygen atoms in total. The fourth-order valence-electron chi connectivity index (χ4n) is 2.33. The molecule has 1 heterocycles. The minimum absolute atomic E-state index is 0.0140. The number of rotatable bonds is 7. The number of benzene rings is 1. The van der Waals surface area contributed by atoms with Crippen LogP contribution in [0.15, 0.2) is 30.5 Å². The first kappa shape index (κ1) is 15.6. The maximum absolute atomic E-state index is 13.3. The summed E-state index contributed by atoms with van der Waals surface area (Å²) in [7, 11) is 0. The summed E-state index contributed by atoms with van der Waals surface area (Å²) in [5, 5.41) is 7.28. The SMILES string of the molecule is CCCNCc1cnn(Cc2cccc(C)c2)c1C(F)F. The fraction of sp³-hybridized carbons (Fsp3) is 0.438. The molecule has 0 aliphatic rings. The van der Waals surface area contributed by atoms with Crippen LogP contribution in [0, 0.1) is 6.92 Å². The Morgan fingerprint density at radius 1 is 1.33 bits per heavy atom. The molecular formula is C16H21F2N3. The Morgan fingerprint density at radius 2 is 2.14 bits per heavy atom. The second-order valence-corrected chi connectivity index (χ2v) is 5.18. The molecule has 0 amide bonds. The summed E-state index contributed by atoms with van der Waals surface area (Å²) in [5.74, 6) is 0. The van der Waals surface area contributed by atoms with Gasteiger partial charge in [-0.15, -0.1) is 0 Å². The summed E-state index contributed by atoms with van der Waals surface area (Å²) in [6.07, 6.45) is -0.00257. The van der Waals surface area contributed by atoms with E-state index < -0.39 is 6.43 Å². The van der Waals surface area contributed by atoms with Crippen LogP contribution in [0.5, 0.6) is 0 Å². The lowest BCUT2D eigenvalue weighted by molar-refractivity contribution is 0.138. The Hall–Kier alpha value is -1.75. The van der Waals surface area contributed by atoms with Crippen molar-refractivity contribution in [3.8, 4) is 0 Å². The normalized spacial score (nSPS) is 11.3. The van der Waals surface area contributed by atoms with Gasteiger partial charge in [-0.2, -0.15) is 5.10 Å². The predicted octanol–water partition coefficient (Wildman–Crippen LogP) is 3.68. The van der Waals surface area contributed by atoms with Crippen molar-refractivity contribution in [1.82, 2.24) is 15.1 Å². The van der Waals surface area contributed by atoms with E-state index in [9.17, 15) is 8.78 Å². The number of aromatic nitrogens is 2. The number of nitrogens with zero attached hydrogens (tertiary/aromatic N) is 2. The monoisotopic (exact) mass is 293 g/mol. The molecule has 1 aromatic heterocycles. The molecule has 2 aromatic rings. The number of hydrogen-bond donors (Lipinski definition) is 1. The number of hydrogen-bond acceptors (Lipinski definition) is 2. The molecule has 0 unspecified atom stereocenters. The van der Waals surface area contributed by atoms with Crippen LogP contribution in [0.2, 0.25) is 0 Å². The molecule has 1 N–H and O–H groups in total. The van der Waals surface area contributed by atoms with Gasteiger partial charge in [0, 0.05) is 12.1 Å². The summed E-state index contributed by atoms with van der Waals surface area (Å²) in [5.41, 5.74) is 2.68. The molecule has 0 aliphatic carbocycles. The van der Waals surface area contributed by atoms with Crippen LogP contribution in [0.1, 0.15) is 42.2 Å². The molecule has 2 rings (SSSR count). The van der Waals surface area contributed by atoms with Crippen LogP contribution in [-0.4, -0.2) is 16.3 Å². The standard InChI is InChI=1S/C16H21F2N3/c1-3-7-19-9-14-10-20-21(15(14)16(17)18)11-13-6-4-5-12(2)8-13/h4-6,8,10,16,19H,3,7,9,11H2,1-2H3. The minimum atomic E-state index is -2.52. The second-order valence-electron chi connectivity index (χ2n) is 5.18. The first-order valence-electron chi connectivity index (χ1n) is 7.20. The zero-order chi connectivity index (χ0) is 15.2. The molecule has 0 atom stereocenters. The first-order valence-corrected chi connectivity index (χ1v) is 7.20. The van der Waals surface area contributed by atoms with Crippen molar-refractivity contribution < 1.29 is 8.78 Å². The van der Waals surface area contributed by atoms with Gasteiger partial charge >= 0.3 is 0 Å². The number of alkyl halides is 2. The van der Waals surface area contributed by atoms with Crippen molar-refractivity contribution in [2.24, 2.45) is 0 Å². The lowest BCUT2D eigenvalue weighted by Gasteiger charge is -2.10. The molecular weight excluding hydrogens is 272 g/mol. The molecule has 114 valence electrons. The Labute approximate surface area is 124 Å². The summed E-state index contributed by atoms with van der Waals surface area (Å²) in [6.45, 7) is 5.64. The van der Waals surface area contributed by atoms with Crippen LogP contribution in [-0.2, 0) is 13.1 Å². The van der Waals surface area contributed by atoms with Crippen LogP contribution in [0.4, 0.5) is 8.78 Å². The third kappa shape index (κ3) is 4.11. The van der Waals surface area contributed by atoms with E-state index >= 15 is 0 Å². The molecule has 0 aliphatic heterocycles. The highest BCUT2D eigenvalue weighted by molar-refractivity contribution is 5.25. The molecule has 21 heavy (non-hydrogen) atoms. The van der Waals surface area contributed by atoms with Gasteiger partial charge in [-0.3, -0.25) is 4.68 Å². The molecule has 0 spiro atoms. The summed E-state index contributed by atoms with van der Waals surface area (Å²) >= 11 is 0. The van der Waals surface area contributed by atoms with E-state index in [0.29, 0.717) is 18.7 Å². The lowest BCUT2D eigenvalue weighted by Crippen LogP contribution is -2.16. The maximum Gasteiger partial charge on any atom is 0.280 e.